The Kier molecular flexibility index (Phi) is 4.97. The molecule has 0 aromatic rings. The van der Waals surface area contributed by atoms with E-state index in [4.69, 9.17) is 11.6 Å². The van der Waals surface area contributed by atoms with E-state index in [1.54, 1.807) is 0 Å². The van der Waals surface area contributed by atoms with Crippen LogP contribution in [-0.2, 0) is 0 Å². The number of halogens is 1. The maximum absolute atomic E-state index is 5.80. The fourth-order valence-corrected chi connectivity index (χ4v) is 4.01. The minimum Gasteiger partial charge on any atom is -0.316 e. The van der Waals surface area contributed by atoms with Crippen LogP contribution in [-0.4, -0.2) is 19.0 Å². The molecule has 1 nitrogen and oxygen atoms in total. The third kappa shape index (κ3) is 3.13. The molecular weight excluding hydrogens is 218 g/mol. The average Bonchev–Trinajstić information content (AvgIpc) is 2.89. The predicted octanol–water partition coefficient (Wildman–Crippen LogP) is 3.67. The van der Waals surface area contributed by atoms with Crippen LogP contribution in [0.4, 0.5) is 0 Å². The van der Waals surface area contributed by atoms with Crippen molar-refractivity contribution >= 4 is 11.6 Å². The van der Waals surface area contributed by atoms with Gasteiger partial charge < -0.3 is 5.32 Å². The lowest BCUT2D eigenvalue weighted by atomic mass is 9.88. The molecular formula is C14H26ClN. The van der Waals surface area contributed by atoms with Gasteiger partial charge in [-0.15, -0.1) is 11.6 Å². The Morgan fingerprint density at radius 2 is 2.19 bits per heavy atom. The summed E-state index contributed by atoms with van der Waals surface area (Å²) in [4.78, 5) is 0. The van der Waals surface area contributed by atoms with Gasteiger partial charge in [-0.3, -0.25) is 0 Å². The van der Waals surface area contributed by atoms with E-state index >= 15 is 0 Å². The Bertz CT molecular complexity index is 207. The van der Waals surface area contributed by atoms with E-state index in [1.807, 2.05) is 0 Å². The van der Waals surface area contributed by atoms with Crippen LogP contribution in [0.5, 0.6) is 0 Å². The average molecular weight is 244 g/mol. The minimum atomic E-state index is 0.788. The van der Waals surface area contributed by atoms with E-state index in [0.29, 0.717) is 0 Å². The van der Waals surface area contributed by atoms with Crippen molar-refractivity contribution in [2.45, 2.75) is 45.4 Å². The molecule has 2 heteroatoms. The van der Waals surface area contributed by atoms with Crippen LogP contribution in [0.1, 0.15) is 45.4 Å². The molecule has 0 heterocycles. The van der Waals surface area contributed by atoms with Crippen molar-refractivity contribution in [3.05, 3.63) is 0 Å². The fraction of sp³-hybridized carbons (Fsp3) is 1.00. The van der Waals surface area contributed by atoms with Crippen molar-refractivity contribution in [3.8, 4) is 0 Å². The second-order valence-corrected chi connectivity index (χ2v) is 6.22. The zero-order chi connectivity index (χ0) is 11.4. The number of hydrogen-bond donors (Lipinski definition) is 1. The Morgan fingerprint density at radius 3 is 2.75 bits per heavy atom. The SMILES string of the molecule is CCC(CCCl)CNCC1CC2CCC1C2. The molecule has 94 valence electrons. The summed E-state index contributed by atoms with van der Waals surface area (Å²) in [5, 5.41) is 3.69. The van der Waals surface area contributed by atoms with Gasteiger partial charge in [0.05, 0.1) is 0 Å². The molecule has 0 amide bonds. The highest BCUT2D eigenvalue weighted by molar-refractivity contribution is 6.17. The Morgan fingerprint density at radius 1 is 1.31 bits per heavy atom. The maximum Gasteiger partial charge on any atom is 0.0226 e. The van der Waals surface area contributed by atoms with Crippen molar-refractivity contribution in [2.75, 3.05) is 19.0 Å². The molecule has 0 aliphatic heterocycles. The Balaban J connectivity index is 1.60. The summed E-state index contributed by atoms with van der Waals surface area (Å²) in [6, 6.07) is 0. The van der Waals surface area contributed by atoms with E-state index in [2.05, 4.69) is 12.2 Å². The van der Waals surface area contributed by atoms with Gasteiger partial charge in [0, 0.05) is 5.88 Å². The lowest BCUT2D eigenvalue weighted by molar-refractivity contribution is 0.308. The molecule has 0 saturated heterocycles. The van der Waals surface area contributed by atoms with E-state index in [0.717, 1.165) is 29.6 Å². The molecule has 2 aliphatic rings. The van der Waals surface area contributed by atoms with Crippen molar-refractivity contribution in [1.29, 1.82) is 0 Å². The number of hydrogen-bond acceptors (Lipinski definition) is 1. The molecule has 2 bridgehead atoms. The van der Waals surface area contributed by atoms with Crippen molar-refractivity contribution < 1.29 is 0 Å². The summed E-state index contributed by atoms with van der Waals surface area (Å²) >= 11 is 5.80. The van der Waals surface area contributed by atoms with Gasteiger partial charge in [-0.1, -0.05) is 19.8 Å². The van der Waals surface area contributed by atoms with Gasteiger partial charge in [0.25, 0.3) is 0 Å². The molecule has 0 aromatic heterocycles. The lowest BCUT2D eigenvalue weighted by Gasteiger charge is -2.23. The lowest BCUT2D eigenvalue weighted by Crippen LogP contribution is -2.30. The highest BCUT2D eigenvalue weighted by atomic mass is 35.5. The summed E-state index contributed by atoms with van der Waals surface area (Å²) in [6.45, 7) is 4.72. The van der Waals surface area contributed by atoms with Crippen LogP contribution in [0.3, 0.4) is 0 Å². The second-order valence-electron chi connectivity index (χ2n) is 5.85. The third-order valence-electron chi connectivity index (χ3n) is 4.82. The van der Waals surface area contributed by atoms with Crippen molar-refractivity contribution in [3.63, 3.8) is 0 Å². The van der Waals surface area contributed by atoms with Crippen molar-refractivity contribution in [2.24, 2.45) is 23.7 Å². The molecule has 1 N–H and O–H groups in total. The Labute approximate surface area is 105 Å². The van der Waals surface area contributed by atoms with Crippen molar-refractivity contribution in [1.82, 2.24) is 5.32 Å². The van der Waals surface area contributed by atoms with Gasteiger partial charge in [-0.05, 0) is 62.4 Å². The van der Waals surface area contributed by atoms with Gasteiger partial charge in [0.1, 0.15) is 0 Å². The van der Waals surface area contributed by atoms with Crippen LogP contribution >= 0.6 is 11.6 Å². The predicted molar refractivity (Wildman–Crippen MR) is 70.9 cm³/mol. The van der Waals surface area contributed by atoms with Crippen LogP contribution in [0, 0.1) is 23.7 Å². The van der Waals surface area contributed by atoms with E-state index < -0.39 is 0 Å². The first kappa shape index (κ1) is 12.7. The minimum absolute atomic E-state index is 0.788. The van der Waals surface area contributed by atoms with Crippen LogP contribution in [0.25, 0.3) is 0 Å². The summed E-state index contributed by atoms with van der Waals surface area (Å²) in [6.07, 6.45) is 8.49. The summed E-state index contributed by atoms with van der Waals surface area (Å²) in [5.41, 5.74) is 0. The summed E-state index contributed by atoms with van der Waals surface area (Å²) in [7, 11) is 0. The number of nitrogens with one attached hydrogen (secondary N) is 1. The standard InChI is InChI=1S/C14H26ClN/c1-2-11(5-6-15)9-16-10-14-8-12-3-4-13(14)7-12/h11-14,16H,2-10H2,1H3. The maximum atomic E-state index is 5.80. The molecule has 0 aromatic carbocycles. The van der Waals surface area contributed by atoms with Gasteiger partial charge in [-0.25, -0.2) is 0 Å². The van der Waals surface area contributed by atoms with Gasteiger partial charge in [0.15, 0.2) is 0 Å². The molecule has 0 radical (unpaired) electrons. The first-order chi connectivity index (χ1) is 7.83. The van der Waals surface area contributed by atoms with Gasteiger partial charge in [-0.2, -0.15) is 0 Å². The Hall–Kier alpha value is 0.250. The van der Waals surface area contributed by atoms with E-state index in [1.165, 1.54) is 51.6 Å². The molecule has 2 fully saturated rings. The van der Waals surface area contributed by atoms with Crippen LogP contribution in [0.15, 0.2) is 0 Å². The zero-order valence-corrected chi connectivity index (χ0v) is 11.3. The largest absolute Gasteiger partial charge is 0.316 e. The highest BCUT2D eigenvalue weighted by Gasteiger charge is 2.38. The quantitative estimate of drug-likeness (QED) is 0.673. The van der Waals surface area contributed by atoms with E-state index in [9.17, 15) is 0 Å². The normalized spacial score (nSPS) is 34.5. The number of alkyl halides is 1. The molecule has 4 unspecified atom stereocenters. The number of fused-ring (bicyclic) bond motifs is 2. The summed E-state index contributed by atoms with van der Waals surface area (Å²) in [5.74, 6) is 4.74. The van der Waals surface area contributed by atoms with Crippen LogP contribution < -0.4 is 5.32 Å². The topological polar surface area (TPSA) is 12.0 Å². The molecule has 2 saturated carbocycles. The van der Waals surface area contributed by atoms with E-state index in [-0.39, 0.29) is 0 Å². The van der Waals surface area contributed by atoms with Gasteiger partial charge >= 0.3 is 0 Å². The molecule has 2 aliphatic carbocycles. The second kappa shape index (κ2) is 6.26. The molecule has 4 atom stereocenters. The van der Waals surface area contributed by atoms with Crippen LogP contribution in [0.2, 0.25) is 0 Å². The monoisotopic (exact) mass is 243 g/mol. The molecule has 0 spiro atoms. The highest BCUT2D eigenvalue weighted by Crippen LogP contribution is 2.47. The molecule has 2 rings (SSSR count). The summed E-state index contributed by atoms with van der Waals surface area (Å²) < 4.78 is 0. The third-order valence-corrected chi connectivity index (χ3v) is 5.04. The molecule has 16 heavy (non-hydrogen) atoms. The number of rotatable bonds is 7. The zero-order valence-electron chi connectivity index (χ0n) is 10.6. The first-order valence-corrected chi connectivity index (χ1v) is 7.63. The van der Waals surface area contributed by atoms with Gasteiger partial charge in [0.2, 0.25) is 0 Å². The first-order valence-electron chi connectivity index (χ1n) is 7.10. The smallest absolute Gasteiger partial charge is 0.0226 e. The fourth-order valence-electron chi connectivity index (χ4n) is 3.70.